The first-order valence-electron chi connectivity index (χ1n) is 7.97. The van der Waals surface area contributed by atoms with Gasteiger partial charge in [-0.05, 0) is 30.5 Å². The molecule has 0 bridgehead atoms. The number of carbonyl (C=O) groups excluding carboxylic acids is 2. The number of benzene rings is 1. The van der Waals surface area contributed by atoms with Crippen LogP contribution in [0.4, 0.5) is 5.69 Å². The van der Waals surface area contributed by atoms with E-state index in [-0.39, 0.29) is 30.2 Å². The minimum Gasteiger partial charge on any atom is -0.352 e. The Morgan fingerprint density at radius 2 is 2.22 bits per heavy atom. The van der Waals surface area contributed by atoms with Crippen molar-refractivity contribution in [2.75, 3.05) is 18.0 Å². The molecule has 1 aromatic rings. The van der Waals surface area contributed by atoms with Crippen molar-refractivity contribution in [2.24, 2.45) is 17.6 Å². The van der Waals surface area contributed by atoms with Crippen LogP contribution in [0.1, 0.15) is 26.7 Å². The zero-order valence-electron chi connectivity index (χ0n) is 13.6. The van der Waals surface area contributed by atoms with Crippen molar-refractivity contribution in [2.45, 2.75) is 32.7 Å². The van der Waals surface area contributed by atoms with E-state index in [1.165, 1.54) is 0 Å². The largest absolute Gasteiger partial charge is 0.352 e. The number of hydrogen-bond acceptors (Lipinski definition) is 3. The molecular formula is C17H24BrN3O2. The van der Waals surface area contributed by atoms with Crippen molar-refractivity contribution in [3.63, 3.8) is 0 Å². The van der Waals surface area contributed by atoms with Crippen molar-refractivity contribution in [1.29, 1.82) is 0 Å². The first-order chi connectivity index (χ1) is 10.9. The summed E-state index contributed by atoms with van der Waals surface area (Å²) in [6.45, 7) is 5.03. The zero-order chi connectivity index (χ0) is 17.0. The predicted octanol–water partition coefficient (Wildman–Crippen LogP) is 2.29. The van der Waals surface area contributed by atoms with Gasteiger partial charge in [0, 0.05) is 35.7 Å². The van der Waals surface area contributed by atoms with Gasteiger partial charge >= 0.3 is 0 Å². The fourth-order valence-corrected chi connectivity index (χ4v) is 3.27. The number of nitrogens with two attached hydrogens (primary N) is 1. The molecule has 1 aliphatic rings. The topological polar surface area (TPSA) is 75.4 Å². The maximum absolute atomic E-state index is 12.4. The van der Waals surface area contributed by atoms with Gasteiger partial charge in [0.15, 0.2) is 0 Å². The van der Waals surface area contributed by atoms with Crippen LogP contribution in [0.25, 0.3) is 0 Å². The van der Waals surface area contributed by atoms with Gasteiger partial charge in [0.1, 0.15) is 0 Å². The van der Waals surface area contributed by atoms with Gasteiger partial charge in [-0.3, -0.25) is 9.59 Å². The number of carbonyl (C=O) groups is 2. The molecule has 23 heavy (non-hydrogen) atoms. The molecule has 0 aromatic heterocycles. The highest BCUT2D eigenvalue weighted by Crippen LogP contribution is 2.27. The van der Waals surface area contributed by atoms with Crippen LogP contribution in [-0.2, 0) is 9.59 Å². The van der Waals surface area contributed by atoms with E-state index < -0.39 is 0 Å². The first kappa shape index (κ1) is 17.9. The molecule has 0 spiro atoms. The zero-order valence-corrected chi connectivity index (χ0v) is 15.2. The lowest BCUT2D eigenvalue weighted by atomic mass is 10.0. The van der Waals surface area contributed by atoms with Crippen LogP contribution >= 0.6 is 15.9 Å². The Labute approximate surface area is 145 Å². The SMILES string of the molecule is CC(C)CC(CN)NC(=O)C1CC(=O)N(c2cccc(Br)c2)C1. The predicted molar refractivity (Wildman–Crippen MR) is 95.0 cm³/mol. The molecule has 1 saturated heterocycles. The molecular weight excluding hydrogens is 358 g/mol. The number of nitrogens with zero attached hydrogens (tertiary/aromatic N) is 1. The molecule has 5 nitrogen and oxygen atoms in total. The van der Waals surface area contributed by atoms with Crippen LogP contribution in [0.3, 0.4) is 0 Å². The van der Waals surface area contributed by atoms with Crippen molar-refractivity contribution >= 4 is 33.4 Å². The van der Waals surface area contributed by atoms with Crippen molar-refractivity contribution < 1.29 is 9.59 Å². The summed E-state index contributed by atoms with van der Waals surface area (Å²) in [5.74, 6) is 0.0540. The van der Waals surface area contributed by atoms with Crippen LogP contribution in [-0.4, -0.2) is 30.9 Å². The number of hydrogen-bond donors (Lipinski definition) is 2. The van der Waals surface area contributed by atoms with E-state index in [1.807, 2.05) is 24.3 Å². The highest BCUT2D eigenvalue weighted by molar-refractivity contribution is 9.10. The van der Waals surface area contributed by atoms with Crippen LogP contribution in [0.2, 0.25) is 0 Å². The Bertz CT molecular complexity index is 577. The summed E-state index contributed by atoms with van der Waals surface area (Å²) in [4.78, 5) is 26.3. The van der Waals surface area contributed by atoms with Crippen LogP contribution in [0.15, 0.2) is 28.7 Å². The molecule has 1 heterocycles. The summed E-state index contributed by atoms with van der Waals surface area (Å²) < 4.78 is 0.913. The van der Waals surface area contributed by atoms with Gasteiger partial charge in [0.05, 0.1) is 5.92 Å². The molecule has 3 N–H and O–H groups in total. The maximum Gasteiger partial charge on any atom is 0.227 e. The van der Waals surface area contributed by atoms with E-state index in [0.717, 1.165) is 16.6 Å². The van der Waals surface area contributed by atoms with Gasteiger partial charge in [0.25, 0.3) is 0 Å². The van der Waals surface area contributed by atoms with E-state index in [0.29, 0.717) is 19.0 Å². The summed E-state index contributed by atoms with van der Waals surface area (Å²) in [5, 5.41) is 2.99. The number of anilines is 1. The van der Waals surface area contributed by atoms with Gasteiger partial charge in [-0.15, -0.1) is 0 Å². The smallest absolute Gasteiger partial charge is 0.227 e. The van der Waals surface area contributed by atoms with E-state index in [1.54, 1.807) is 4.90 Å². The molecule has 1 aliphatic heterocycles. The molecule has 126 valence electrons. The lowest BCUT2D eigenvalue weighted by molar-refractivity contribution is -0.127. The normalized spacial score (nSPS) is 19.3. The third-order valence-corrected chi connectivity index (χ3v) is 4.50. The molecule has 1 fully saturated rings. The Morgan fingerprint density at radius 1 is 1.48 bits per heavy atom. The van der Waals surface area contributed by atoms with Gasteiger partial charge in [-0.2, -0.15) is 0 Å². The highest BCUT2D eigenvalue weighted by atomic mass is 79.9. The van der Waals surface area contributed by atoms with Crippen LogP contribution in [0.5, 0.6) is 0 Å². The van der Waals surface area contributed by atoms with E-state index in [4.69, 9.17) is 5.73 Å². The van der Waals surface area contributed by atoms with Gasteiger partial charge in [-0.1, -0.05) is 35.8 Å². The fraction of sp³-hybridized carbons (Fsp3) is 0.529. The second-order valence-corrected chi connectivity index (χ2v) is 7.37. The Morgan fingerprint density at radius 3 is 2.83 bits per heavy atom. The Kier molecular flexibility index (Phi) is 6.18. The summed E-state index contributed by atoms with van der Waals surface area (Å²) in [5.41, 5.74) is 6.55. The lowest BCUT2D eigenvalue weighted by Crippen LogP contribution is -2.44. The number of amides is 2. The quantitative estimate of drug-likeness (QED) is 0.793. The minimum absolute atomic E-state index is 0.0172. The van der Waals surface area contributed by atoms with Crippen LogP contribution < -0.4 is 16.0 Å². The average Bonchev–Trinajstić information content (AvgIpc) is 2.88. The molecule has 2 amide bonds. The third-order valence-electron chi connectivity index (χ3n) is 4.00. The van der Waals surface area contributed by atoms with Crippen molar-refractivity contribution in [1.82, 2.24) is 5.32 Å². The molecule has 0 aliphatic carbocycles. The van der Waals surface area contributed by atoms with E-state index in [9.17, 15) is 9.59 Å². The van der Waals surface area contributed by atoms with Crippen molar-refractivity contribution in [3.05, 3.63) is 28.7 Å². The first-order valence-corrected chi connectivity index (χ1v) is 8.76. The van der Waals surface area contributed by atoms with E-state index >= 15 is 0 Å². The summed E-state index contributed by atoms with van der Waals surface area (Å²) in [7, 11) is 0. The van der Waals surface area contributed by atoms with Gasteiger partial charge in [-0.25, -0.2) is 0 Å². The molecule has 0 radical (unpaired) electrons. The second-order valence-electron chi connectivity index (χ2n) is 6.46. The van der Waals surface area contributed by atoms with Crippen LogP contribution in [0, 0.1) is 11.8 Å². The molecule has 2 rings (SSSR count). The number of halogens is 1. The Balaban J connectivity index is 2.00. The standard InChI is InChI=1S/C17H24BrN3O2/c1-11(2)6-14(9-19)20-17(23)12-7-16(22)21(10-12)15-5-3-4-13(18)8-15/h3-5,8,11-12,14H,6-7,9-10,19H2,1-2H3,(H,20,23). The molecule has 2 unspecified atom stereocenters. The van der Waals surface area contributed by atoms with E-state index in [2.05, 4.69) is 35.1 Å². The fourth-order valence-electron chi connectivity index (χ4n) is 2.88. The maximum atomic E-state index is 12.4. The van der Waals surface area contributed by atoms with Crippen molar-refractivity contribution in [3.8, 4) is 0 Å². The van der Waals surface area contributed by atoms with Gasteiger partial charge in [0.2, 0.25) is 11.8 Å². The lowest BCUT2D eigenvalue weighted by Gasteiger charge is -2.21. The summed E-state index contributed by atoms with van der Waals surface area (Å²) in [6.07, 6.45) is 1.09. The molecule has 1 aromatic carbocycles. The third kappa shape index (κ3) is 4.78. The monoisotopic (exact) mass is 381 g/mol. The number of rotatable bonds is 6. The average molecular weight is 382 g/mol. The summed E-state index contributed by atoms with van der Waals surface area (Å²) in [6, 6.07) is 7.53. The summed E-state index contributed by atoms with van der Waals surface area (Å²) >= 11 is 3.41. The molecule has 2 atom stereocenters. The molecule has 6 heteroatoms. The highest BCUT2D eigenvalue weighted by Gasteiger charge is 2.35. The van der Waals surface area contributed by atoms with Gasteiger partial charge < -0.3 is 16.0 Å². The second kappa shape index (κ2) is 7.93. The minimum atomic E-state index is -0.317. The molecule has 0 saturated carbocycles. The number of nitrogens with one attached hydrogen (secondary N) is 1. The Hall–Kier alpha value is -1.40.